The molecule has 0 atom stereocenters. The van der Waals surface area contributed by atoms with Crippen molar-refractivity contribution in [3.8, 4) is 0 Å². The van der Waals surface area contributed by atoms with Gasteiger partial charge in [-0.1, -0.05) is 0 Å². The van der Waals surface area contributed by atoms with Gasteiger partial charge in [0.2, 0.25) is 0 Å². The monoisotopic (exact) mass is 372 g/mol. The van der Waals surface area contributed by atoms with Crippen LogP contribution in [-0.2, 0) is 0 Å². The molecule has 0 bridgehead atoms. The molecular weight excluding hydrogens is 335 g/mol. The van der Waals surface area contributed by atoms with E-state index in [4.69, 9.17) is 0 Å². The molecule has 0 aliphatic carbocycles. The van der Waals surface area contributed by atoms with Crippen LogP contribution < -0.4 is 0 Å². The minimum atomic E-state index is -2.10. The first-order valence-corrected chi connectivity index (χ1v) is 16.1. The summed E-state index contributed by atoms with van der Waals surface area (Å²) in [5.74, 6) is 0. The van der Waals surface area contributed by atoms with Crippen LogP contribution in [0.2, 0.25) is 13.3 Å². The van der Waals surface area contributed by atoms with E-state index in [1.165, 1.54) is 44.9 Å². The van der Waals surface area contributed by atoms with Gasteiger partial charge in [0.25, 0.3) is 0 Å². The van der Waals surface area contributed by atoms with Crippen molar-refractivity contribution < 1.29 is 0 Å². The van der Waals surface area contributed by atoms with E-state index >= 15 is 0 Å². The van der Waals surface area contributed by atoms with Gasteiger partial charge in [-0.05, 0) is 0 Å². The van der Waals surface area contributed by atoms with Gasteiger partial charge in [-0.15, -0.1) is 0 Å². The van der Waals surface area contributed by atoms with Crippen molar-refractivity contribution in [2.24, 2.45) is 0 Å². The standard InChI is InChI=1S/C6H9.3C4H9.Sn/c1-3-5-6-4-2;3*1-3-4-2;/h3H,4H2,1-2H3;3*1,3-4H2,2H3;. The van der Waals surface area contributed by atoms with E-state index in [2.05, 4.69) is 46.4 Å². The zero-order valence-electron chi connectivity index (χ0n) is 14.1. The van der Waals surface area contributed by atoms with Crippen LogP contribution in [0.5, 0.6) is 0 Å². The average molecular weight is 371 g/mol. The Hall–Kier alpha value is 0.319. The molecule has 1 heteroatoms. The Morgan fingerprint density at radius 1 is 0.842 bits per heavy atom. The van der Waals surface area contributed by atoms with E-state index in [0.29, 0.717) is 0 Å². The Morgan fingerprint density at radius 3 is 1.53 bits per heavy atom. The van der Waals surface area contributed by atoms with E-state index < -0.39 is 18.4 Å². The van der Waals surface area contributed by atoms with Gasteiger partial charge in [-0.2, -0.15) is 0 Å². The van der Waals surface area contributed by atoms with Gasteiger partial charge in [0, 0.05) is 0 Å². The molecule has 0 amide bonds. The van der Waals surface area contributed by atoms with E-state index in [9.17, 15) is 0 Å². The molecule has 0 aromatic carbocycles. The number of rotatable bonds is 11. The molecule has 0 saturated heterocycles. The van der Waals surface area contributed by atoms with Crippen LogP contribution in [0, 0.1) is 0 Å². The predicted molar refractivity (Wildman–Crippen MR) is 92.5 cm³/mol. The second kappa shape index (κ2) is 12.1. The van der Waals surface area contributed by atoms with Crippen molar-refractivity contribution in [3.63, 3.8) is 0 Å². The Balaban J connectivity index is 5.23. The topological polar surface area (TPSA) is 0 Å². The molecule has 0 N–H and O–H groups in total. The third-order valence-electron chi connectivity index (χ3n) is 4.34. The molecule has 19 heavy (non-hydrogen) atoms. The molecule has 0 fully saturated rings. The molecule has 0 rings (SSSR count). The Labute approximate surface area is 126 Å². The van der Waals surface area contributed by atoms with Crippen LogP contribution in [0.4, 0.5) is 0 Å². The molecule has 0 unspecified atom stereocenters. The summed E-state index contributed by atoms with van der Waals surface area (Å²) in [5, 5.41) is 0. The third-order valence-corrected chi connectivity index (χ3v) is 20.6. The van der Waals surface area contributed by atoms with E-state index in [-0.39, 0.29) is 0 Å². The predicted octanol–water partition coefficient (Wildman–Crippen LogP) is 6.89. The summed E-state index contributed by atoms with van der Waals surface area (Å²) in [6, 6.07) is 0. The maximum absolute atomic E-state index is 3.68. The molecule has 0 nitrogen and oxygen atoms in total. The Morgan fingerprint density at radius 2 is 1.26 bits per heavy atom. The van der Waals surface area contributed by atoms with Crippen LogP contribution in [0.25, 0.3) is 0 Å². The molecular formula is C18H36Sn. The molecule has 0 spiro atoms. The summed E-state index contributed by atoms with van der Waals surface area (Å²) < 4.78 is 6.53. The molecule has 112 valence electrons. The summed E-state index contributed by atoms with van der Waals surface area (Å²) in [6.07, 6.45) is 11.9. The summed E-state index contributed by atoms with van der Waals surface area (Å²) >= 11 is -2.10. The van der Waals surface area contributed by atoms with Gasteiger partial charge < -0.3 is 0 Å². The van der Waals surface area contributed by atoms with Crippen LogP contribution in [0.3, 0.4) is 0 Å². The van der Waals surface area contributed by atoms with Crippen LogP contribution in [-0.4, -0.2) is 18.4 Å². The zero-order valence-corrected chi connectivity index (χ0v) is 17.0. The van der Waals surface area contributed by atoms with Gasteiger partial charge in [0.1, 0.15) is 0 Å². The first-order valence-electron chi connectivity index (χ1n) is 8.61. The second-order valence-electron chi connectivity index (χ2n) is 5.86. The second-order valence-corrected chi connectivity index (χ2v) is 19.2. The fourth-order valence-corrected chi connectivity index (χ4v) is 20.2. The third kappa shape index (κ3) is 7.04. The molecule has 0 aromatic heterocycles. The van der Waals surface area contributed by atoms with E-state index in [0.717, 1.165) is 0 Å². The van der Waals surface area contributed by atoms with Gasteiger partial charge in [0.05, 0.1) is 0 Å². The fraction of sp³-hybridized carbons (Fsp3) is 0.833. The van der Waals surface area contributed by atoms with Crippen LogP contribution in [0.15, 0.2) is 15.4 Å². The molecule has 0 radical (unpaired) electrons. The molecule has 0 aliphatic rings. The summed E-state index contributed by atoms with van der Waals surface area (Å²) in [5.41, 5.74) is 3.68. The quantitative estimate of drug-likeness (QED) is 0.274. The number of hydrogen-bond acceptors (Lipinski definition) is 0. The average Bonchev–Trinajstić information content (AvgIpc) is 2.44. The van der Waals surface area contributed by atoms with E-state index in [1.54, 1.807) is 16.9 Å². The first kappa shape index (κ1) is 19.3. The van der Waals surface area contributed by atoms with Gasteiger partial charge in [-0.25, -0.2) is 0 Å². The van der Waals surface area contributed by atoms with Crippen molar-refractivity contribution in [1.29, 1.82) is 0 Å². The van der Waals surface area contributed by atoms with Crippen LogP contribution in [0.1, 0.15) is 79.6 Å². The summed E-state index contributed by atoms with van der Waals surface area (Å²) in [7, 11) is 0. The van der Waals surface area contributed by atoms with Crippen molar-refractivity contribution in [1.82, 2.24) is 0 Å². The molecule has 0 heterocycles. The zero-order chi connectivity index (χ0) is 14.6. The molecule has 0 aliphatic heterocycles. The van der Waals surface area contributed by atoms with Crippen molar-refractivity contribution in [3.05, 3.63) is 15.4 Å². The fourth-order valence-electron chi connectivity index (χ4n) is 3.18. The van der Waals surface area contributed by atoms with Crippen molar-refractivity contribution >= 4 is 18.4 Å². The van der Waals surface area contributed by atoms with Crippen molar-refractivity contribution in [2.75, 3.05) is 0 Å². The van der Waals surface area contributed by atoms with Gasteiger partial charge in [-0.3, -0.25) is 0 Å². The minimum absolute atomic E-state index is 1.26. The molecule has 0 saturated carbocycles. The summed E-state index contributed by atoms with van der Waals surface area (Å²) in [6.45, 7) is 11.6. The Bertz CT molecular complexity index is 250. The first-order chi connectivity index (χ1) is 9.20. The Kier molecular flexibility index (Phi) is 12.3. The van der Waals surface area contributed by atoms with Crippen molar-refractivity contribution in [2.45, 2.75) is 92.9 Å². The molecule has 0 aromatic rings. The van der Waals surface area contributed by atoms with E-state index in [1.807, 2.05) is 0 Å². The number of unbranched alkanes of at least 4 members (excludes halogenated alkanes) is 3. The van der Waals surface area contributed by atoms with Gasteiger partial charge >= 0.3 is 127 Å². The van der Waals surface area contributed by atoms with Crippen LogP contribution >= 0.6 is 0 Å². The number of hydrogen-bond donors (Lipinski definition) is 0. The SMILES string of the molecule is CC=C=[C](CC)[Sn]([CH2]CCC)([CH2]CCC)[CH2]CCC. The summed E-state index contributed by atoms with van der Waals surface area (Å²) in [4.78, 5) is 0. The number of allylic oxidation sites excluding steroid dienone is 1. The van der Waals surface area contributed by atoms with Gasteiger partial charge in [0.15, 0.2) is 0 Å². The maximum atomic E-state index is 3.68. The normalized spacial score (nSPS) is 11.2.